The predicted molar refractivity (Wildman–Crippen MR) is 124 cm³/mol. The van der Waals surface area contributed by atoms with Crippen molar-refractivity contribution in [3.05, 3.63) is 46.2 Å². The first-order chi connectivity index (χ1) is 15.4. The maximum atomic E-state index is 13.2. The fraction of sp³-hybridized carbons (Fsp3) is 0.500. The van der Waals surface area contributed by atoms with Crippen molar-refractivity contribution >= 4 is 23.3 Å². The summed E-state index contributed by atoms with van der Waals surface area (Å²) < 4.78 is 11.1. The molecule has 1 N–H and O–H groups in total. The largest absolute Gasteiger partial charge is 0.493 e. The molecule has 0 bridgehead atoms. The highest BCUT2D eigenvalue weighted by Crippen LogP contribution is 2.35. The molecule has 2 aromatic rings. The van der Waals surface area contributed by atoms with E-state index in [0.717, 1.165) is 49.5 Å². The van der Waals surface area contributed by atoms with Gasteiger partial charge >= 0.3 is 6.03 Å². The van der Waals surface area contributed by atoms with Crippen LogP contribution < -0.4 is 14.8 Å². The third kappa shape index (κ3) is 4.47. The number of rotatable bonds is 8. The van der Waals surface area contributed by atoms with E-state index in [9.17, 15) is 9.59 Å². The van der Waals surface area contributed by atoms with Gasteiger partial charge in [0.15, 0.2) is 11.5 Å². The number of carbonyl (C=O) groups excluding carboxylic acids is 2. The van der Waals surface area contributed by atoms with Gasteiger partial charge in [-0.25, -0.2) is 4.79 Å². The molecule has 0 saturated carbocycles. The number of amides is 3. The summed E-state index contributed by atoms with van der Waals surface area (Å²) in [6.07, 6.45) is 1.73. The number of imide groups is 1. The zero-order chi connectivity index (χ0) is 22.7. The molecule has 1 atom stereocenters. The lowest BCUT2D eigenvalue weighted by atomic mass is 9.79. The summed E-state index contributed by atoms with van der Waals surface area (Å²) in [5.41, 5.74) is 1.33. The molecule has 2 fully saturated rings. The van der Waals surface area contributed by atoms with Crippen molar-refractivity contribution in [2.45, 2.75) is 45.3 Å². The molecule has 8 heteroatoms. The number of piperidine rings is 1. The lowest BCUT2D eigenvalue weighted by molar-refractivity contribution is -0.133. The van der Waals surface area contributed by atoms with Gasteiger partial charge in [0, 0.05) is 6.54 Å². The molecular weight excluding hydrogens is 426 g/mol. The highest BCUT2D eigenvalue weighted by Gasteiger charge is 2.52. The predicted octanol–water partition coefficient (Wildman–Crippen LogP) is 3.88. The van der Waals surface area contributed by atoms with Gasteiger partial charge in [-0.1, -0.05) is 6.07 Å². The first kappa shape index (κ1) is 22.6. The zero-order valence-electron chi connectivity index (χ0n) is 18.9. The van der Waals surface area contributed by atoms with E-state index >= 15 is 0 Å². The number of nitrogens with zero attached hydrogens (tertiary/aromatic N) is 2. The van der Waals surface area contributed by atoms with E-state index in [1.54, 1.807) is 18.4 Å². The Kier molecular flexibility index (Phi) is 6.71. The molecule has 0 aliphatic carbocycles. The fourth-order valence-electron chi connectivity index (χ4n) is 4.72. The summed E-state index contributed by atoms with van der Waals surface area (Å²) in [4.78, 5) is 29.5. The summed E-state index contributed by atoms with van der Waals surface area (Å²) in [5, 5.41) is 6.94. The number of benzene rings is 1. The van der Waals surface area contributed by atoms with E-state index in [1.165, 1.54) is 10.5 Å². The van der Waals surface area contributed by atoms with E-state index in [1.807, 2.05) is 42.8 Å². The topological polar surface area (TPSA) is 71.1 Å². The number of urea groups is 1. The average Bonchev–Trinajstić information content (AvgIpc) is 3.38. The number of hydrogen-bond donors (Lipinski definition) is 1. The van der Waals surface area contributed by atoms with E-state index in [4.69, 9.17) is 9.47 Å². The van der Waals surface area contributed by atoms with Crippen LogP contribution in [-0.4, -0.2) is 54.1 Å². The molecule has 2 aliphatic heterocycles. The van der Waals surface area contributed by atoms with E-state index in [0.29, 0.717) is 13.2 Å². The van der Waals surface area contributed by atoms with Crippen molar-refractivity contribution in [3.63, 3.8) is 0 Å². The standard InChI is InChI=1S/C24H31N3O4S/c1-4-31-21-13-17(5-6-20(21)30-3)14-26-10-7-19(8-11-26)24(2)22(28)27(23(29)25-24)15-18-9-12-32-16-18/h5-6,9,12-13,16,19H,4,7-8,10-11,14-15H2,1-3H3,(H,25,29)/t24-/m0/s1. The van der Waals surface area contributed by atoms with Crippen LogP contribution in [0.4, 0.5) is 4.79 Å². The molecule has 0 unspecified atom stereocenters. The third-order valence-electron chi connectivity index (χ3n) is 6.56. The molecular formula is C24H31N3O4S. The Labute approximate surface area is 193 Å². The molecule has 1 aromatic heterocycles. The molecule has 7 nitrogen and oxygen atoms in total. The Morgan fingerprint density at radius 2 is 1.91 bits per heavy atom. The number of methoxy groups -OCH3 is 1. The Balaban J connectivity index is 1.37. The van der Waals surface area contributed by atoms with Gasteiger partial charge in [0.05, 0.1) is 20.3 Å². The number of carbonyl (C=O) groups is 2. The number of likely N-dealkylation sites (tertiary alicyclic amines) is 1. The van der Waals surface area contributed by atoms with Crippen LogP contribution in [0.3, 0.4) is 0 Å². The second-order valence-corrected chi connectivity index (χ2v) is 9.40. The van der Waals surface area contributed by atoms with E-state index in [-0.39, 0.29) is 17.9 Å². The summed E-state index contributed by atoms with van der Waals surface area (Å²) in [6, 6.07) is 7.72. The van der Waals surface area contributed by atoms with Crippen molar-refractivity contribution < 1.29 is 19.1 Å². The molecule has 3 heterocycles. The Bertz CT molecular complexity index is 956. The quantitative estimate of drug-likeness (QED) is 0.609. The summed E-state index contributed by atoms with van der Waals surface area (Å²) in [6.45, 7) is 7.35. The molecule has 4 rings (SSSR count). The molecule has 1 aromatic carbocycles. The van der Waals surface area contributed by atoms with Crippen molar-refractivity contribution in [1.29, 1.82) is 0 Å². The van der Waals surface area contributed by atoms with Gasteiger partial charge < -0.3 is 14.8 Å². The molecule has 172 valence electrons. The smallest absolute Gasteiger partial charge is 0.325 e. The average molecular weight is 458 g/mol. The maximum Gasteiger partial charge on any atom is 0.325 e. The van der Waals surface area contributed by atoms with Crippen molar-refractivity contribution in [1.82, 2.24) is 15.1 Å². The molecule has 2 aliphatic rings. The minimum absolute atomic E-state index is 0.108. The fourth-order valence-corrected chi connectivity index (χ4v) is 5.38. The zero-order valence-corrected chi connectivity index (χ0v) is 19.7. The second kappa shape index (κ2) is 9.50. The van der Waals surface area contributed by atoms with Crippen LogP contribution in [0, 0.1) is 5.92 Å². The second-order valence-electron chi connectivity index (χ2n) is 8.62. The maximum absolute atomic E-state index is 13.2. The van der Waals surface area contributed by atoms with Crippen LogP contribution in [0.25, 0.3) is 0 Å². The van der Waals surface area contributed by atoms with Crippen LogP contribution in [0.5, 0.6) is 11.5 Å². The Morgan fingerprint density at radius 3 is 2.56 bits per heavy atom. The molecule has 0 spiro atoms. The number of hydrogen-bond acceptors (Lipinski definition) is 6. The van der Waals surface area contributed by atoms with Crippen LogP contribution in [0.1, 0.15) is 37.8 Å². The number of thiophene rings is 1. The van der Waals surface area contributed by atoms with Gasteiger partial charge in [0.2, 0.25) is 0 Å². The van der Waals surface area contributed by atoms with E-state index < -0.39 is 5.54 Å². The Morgan fingerprint density at radius 1 is 1.12 bits per heavy atom. The summed E-state index contributed by atoms with van der Waals surface area (Å²) in [5.74, 6) is 1.52. The molecule has 32 heavy (non-hydrogen) atoms. The van der Waals surface area contributed by atoms with Gasteiger partial charge in [-0.05, 0) is 85.8 Å². The molecule has 3 amide bonds. The van der Waals surface area contributed by atoms with Gasteiger partial charge in [-0.3, -0.25) is 14.6 Å². The highest BCUT2D eigenvalue weighted by molar-refractivity contribution is 7.07. The lowest BCUT2D eigenvalue weighted by Gasteiger charge is -2.39. The molecule has 0 radical (unpaired) electrons. The first-order valence-corrected chi connectivity index (χ1v) is 12.1. The molecule has 2 saturated heterocycles. The Hall–Kier alpha value is -2.58. The van der Waals surface area contributed by atoms with Gasteiger partial charge in [-0.15, -0.1) is 0 Å². The first-order valence-electron chi connectivity index (χ1n) is 11.1. The third-order valence-corrected chi connectivity index (χ3v) is 7.29. The van der Waals surface area contributed by atoms with Gasteiger partial charge in [0.25, 0.3) is 5.91 Å². The van der Waals surface area contributed by atoms with Gasteiger partial charge in [0.1, 0.15) is 5.54 Å². The van der Waals surface area contributed by atoms with Crippen LogP contribution in [-0.2, 0) is 17.9 Å². The van der Waals surface area contributed by atoms with Crippen LogP contribution in [0.15, 0.2) is 35.0 Å². The van der Waals surface area contributed by atoms with Crippen molar-refractivity contribution in [2.24, 2.45) is 5.92 Å². The van der Waals surface area contributed by atoms with Crippen molar-refractivity contribution in [3.8, 4) is 11.5 Å². The monoisotopic (exact) mass is 457 g/mol. The SMILES string of the molecule is CCOc1cc(CN2CCC([C@]3(C)NC(=O)N(Cc4ccsc4)C3=O)CC2)ccc1OC. The van der Waals surface area contributed by atoms with Crippen LogP contribution >= 0.6 is 11.3 Å². The van der Waals surface area contributed by atoms with E-state index in [2.05, 4.69) is 16.3 Å². The highest BCUT2D eigenvalue weighted by atomic mass is 32.1. The minimum Gasteiger partial charge on any atom is -0.493 e. The van der Waals surface area contributed by atoms with Gasteiger partial charge in [-0.2, -0.15) is 11.3 Å². The number of nitrogens with one attached hydrogen (secondary N) is 1. The van der Waals surface area contributed by atoms with Crippen molar-refractivity contribution in [2.75, 3.05) is 26.8 Å². The summed E-state index contributed by atoms with van der Waals surface area (Å²) >= 11 is 1.57. The minimum atomic E-state index is -0.832. The lowest BCUT2D eigenvalue weighted by Crippen LogP contribution is -2.53. The number of ether oxygens (including phenoxy) is 2. The van der Waals surface area contributed by atoms with Crippen LogP contribution in [0.2, 0.25) is 0 Å². The normalized spacial score (nSPS) is 22.3. The summed E-state index contributed by atoms with van der Waals surface area (Å²) in [7, 11) is 1.65.